The summed E-state index contributed by atoms with van der Waals surface area (Å²) in [6.07, 6.45) is 16.8. The van der Waals surface area contributed by atoms with E-state index in [0.717, 1.165) is 12.3 Å². The molecular formula is C22H38N2O. The minimum absolute atomic E-state index is 0.459. The Balaban J connectivity index is 1.36. The van der Waals surface area contributed by atoms with E-state index in [0.29, 0.717) is 18.2 Å². The maximum atomic E-state index is 5.85. The zero-order valence-electron chi connectivity index (χ0n) is 16.7. The van der Waals surface area contributed by atoms with Crippen LogP contribution in [0.5, 0.6) is 0 Å². The molecule has 0 bridgehead atoms. The molecule has 2 heterocycles. The molecule has 1 aromatic rings. The lowest BCUT2D eigenvalue weighted by atomic mass is 9.88. The van der Waals surface area contributed by atoms with Gasteiger partial charge in [0.1, 0.15) is 0 Å². The number of ether oxygens (including phenoxy) is 1. The van der Waals surface area contributed by atoms with Gasteiger partial charge in [0, 0.05) is 5.69 Å². The van der Waals surface area contributed by atoms with Gasteiger partial charge in [-0.15, -0.1) is 0 Å². The molecule has 3 rings (SSSR count). The van der Waals surface area contributed by atoms with Crippen LogP contribution in [-0.4, -0.2) is 22.0 Å². The van der Waals surface area contributed by atoms with Crippen LogP contribution in [0.15, 0.2) is 6.07 Å². The Labute approximate surface area is 154 Å². The SMILES string of the molecule is Cc1cc(CCCCCC2CC(C)OC(C)C2)nn1C1CCCCC1. The molecule has 2 fully saturated rings. The van der Waals surface area contributed by atoms with Crippen molar-refractivity contribution in [2.24, 2.45) is 5.92 Å². The second-order valence-electron chi connectivity index (χ2n) is 8.71. The third-order valence-electron chi connectivity index (χ3n) is 6.23. The van der Waals surface area contributed by atoms with Gasteiger partial charge >= 0.3 is 0 Å². The molecule has 1 saturated carbocycles. The molecule has 1 saturated heterocycles. The van der Waals surface area contributed by atoms with Crippen molar-refractivity contribution in [3.05, 3.63) is 17.5 Å². The number of aromatic nitrogens is 2. The lowest BCUT2D eigenvalue weighted by Gasteiger charge is -2.32. The summed E-state index contributed by atoms with van der Waals surface area (Å²) in [7, 11) is 0. The molecule has 2 aliphatic rings. The molecule has 142 valence electrons. The summed E-state index contributed by atoms with van der Waals surface area (Å²) in [5.41, 5.74) is 2.68. The summed E-state index contributed by atoms with van der Waals surface area (Å²) in [6, 6.07) is 3.00. The van der Waals surface area contributed by atoms with Crippen molar-refractivity contribution in [3.63, 3.8) is 0 Å². The second kappa shape index (κ2) is 9.21. The highest BCUT2D eigenvalue weighted by Gasteiger charge is 2.23. The molecule has 3 nitrogen and oxygen atoms in total. The minimum atomic E-state index is 0.459. The zero-order valence-corrected chi connectivity index (χ0v) is 16.7. The number of nitrogens with zero attached hydrogens (tertiary/aromatic N) is 2. The average molecular weight is 347 g/mol. The van der Waals surface area contributed by atoms with Crippen LogP contribution < -0.4 is 0 Å². The fourth-order valence-corrected chi connectivity index (χ4v) is 5.07. The van der Waals surface area contributed by atoms with Crippen LogP contribution in [0.4, 0.5) is 0 Å². The van der Waals surface area contributed by atoms with E-state index < -0.39 is 0 Å². The van der Waals surface area contributed by atoms with Gasteiger partial charge in [-0.1, -0.05) is 38.5 Å². The smallest absolute Gasteiger partial charge is 0.0627 e. The first-order valence-corrected chi connectivity index (χ1v) is 10.8. The van der Waals surface area contributed by atoms with Crippen LogP contribution in [0.3, 0.4) is 0 Å². The number of unbranched alkanes of at least 4 members (excludes halogenated alkanes) is 2. The second-order valence-corrected chi connectivity index (χ2v) is 8.71. The van der Waals surface area contributed by atoms with Gasteiger partial charge in [0.2, 0.25) is 0 Å². The number of aryl methyl sites for hydroxylation is 2. The molecule has 2 atom stereocenters. The van der Waals surface area contributed by atoms with Gasteiger partial charge in [-0.05, 0) is 71.3 Å². The van der Waals surface area contributed by atoms with E-state index in [4.69, 9.17) is 9.84 Å². The van der Waals surface area contributed by atoms with Crippen LogP contribution in [-0.2, 0) is 11.2 Å². The van der Waals surface area contributed by atoms with Gasteiger partial charge in [0.15, 0.2) is 0 Å². The van der Waals surface area contributed by atoms with Crippen molar-refractivity contribution in [1.82, 2.24) is 9.78 Å². The van der Waals surface area contributed by atoms with Crippen LogP contribution >= 0.6 is 0 Å². The van der Waals surface area contributed by atoms with E-state index in [1.54, 1.807) is 0 Å². The van der Waals surface area contributed by atoms with Gasteiger partial charge in [-0.2, -0.15) is 5.10 Å². The summed E-state index contributed by atoms with van der Waals surface area (Å²) in [5, 5.41) is 4.94. The largest absolute Gasteiger partial charge is 0.376 e. The normalized spacial score (nSPS) is 28.4. The van der Waals surface area contributed by atoms with Gasteiger partial charge in [-0.3, -0.25) is 4.68 Å². The number of hydrogen-bond donors (Lipinski definition) is 0. The average Bonchev–Trinajstić information content (AvgIpc) is 2.95. The Bertz CT molecular complexity index is 508. The van der Waals surface area contributed by atoms with Crippen molar-refractivity contribution in [3.8, 4) is 0 Å². The van der Waals surface area contributed by atoms with E-state index in [-0.39, 0.29) is 0 Å². The van der Waals surface area contributed by atoms with Gasteiger partial charge in [0.25, 0.3) is 0 Å². The lowest BCUT2D eigenvalue weighted by molar-refractivity contribution is -0.0537. The Morgan fingerprint density at radius 1 is 1.04 bits per heavy atom. The topological polar surface area (TPSA) is 27.1 Å². The zero-order chi connectivity index (χ0) is 17.6. The highest BCUT2D eigenvalue weighted by atomic mass is 16.5. The predicted molar refractivity (Wildman–Crippen MR) is 104 cm³/mol. The quantitative estimate of drug-likeness (QED) is 0.566. The van der Waals surface area contributed by atoms with Gasteiger partial charge in [-0.25, -0.2) is 0 Å². The third-order valence-corrected chi connectivity index (χ3v) is 6.23. The molecule has 0 radical (unpaired) electrons. The van der Waals surface area contributed by atoms with Gasteiger partial charge < -0.3 is 4.74 Å². The van der Waals surface area contributed by atoms with E-state index in [1.807, 2.05) is 0 Å². The molecule has 0 aromatic carbocycles. The number of hydrogen-bond acceptors (Lipinski definition) is 2. The van der Waals surface area contributed by atoms with Crippen molar-refractivity contribution in [1.29, 1.82) is 0 Å². The van der Waals surface area contributed by atoms with E-state index >= 15 is 0 Å². The molecule has 0 N–H and O–H groups in total. The molecule has 0 spiro atoms. The molecular weight excluding hydrogens is 308 g/mol. The maximum absolute atomic E-state index is 5.85. The van der Waals surface area contributed by atoms with Crippen molar-refractivity contribution >= 4 is 0 Å². The molecule has 3 heteroatoms. The molecule has 2 unspecified atom stereocenters. The predicted octanol–water partition coefficient (Wildman–Crippen LogP) is 6.00. The molecule has 0 amide bonds. The van der Waals surface area contributed by atoms with Crippen molar-refractivity contribution in [2.45, 2.75) is 116 Å². The summed E-state index contributed by atoms with van der Waals surface area (Å²) in [6.45, 7) is 6.69. The Morgan fingerprint density at radius 3 is 2.48 bits per heavy atom. The third kappa shape index (κ3) is 5.57. The molecule has 1 aliphatic carbocycles. The van der Waals surface area contributed by atoms with E-state index in [1.165, 1.54) is 82.0 Å². The Kier molecular flexibility index (Phi) is 6.98. The highest BCUT2D eigenvalue weighted by Crippen LogP contribution is 2.30. The molecule has 1 aliphatic heterocycles. The van der Waals surface area contributed by atoms with E-state index in [9.17, 15) is 0 Å². The first kappa shape index (κ1) is 18.9. The van der Waals surface area contributed by atoms with Crippen LogP contribution in [0, 0.1) is 12.8 Å². The minimum Gasteiger partial charge on any atom is -0.376 e. The van der Waals surface area contributed by atoms with Crippen LogP contribution in [0.1, 0.15) is 102 Å². The Morgan fingerprint density at radius 2 is 1.76 bits per heavy atom. The standard InChI is InChI=1S/C22H38N2O/c1-17-14-21(23-24(17)22-12-8-5-9-13-22)11-7-4-6-10-20-15-18(2)25-19(3)16-20/h14,18-20,22H,4-13,15-16H2,1-3H3. The van der Waals surface area contributed by atoms with Gasteiger partial charge in [0.05, 0.1) is 23.9 Å². The fourth-order valence-electron chi connectivity index (χ4n) is 5.07. The lowest BCUT2D eigenvalue weighted by Crippen LogP contribution is -2.29. The summed E-state index contributed by atoms with van der Waals surface area (Å²) < 4.78 is 8.19. The van der Waals surface area contributed by atoms with E-state index in [2.05, 4.69) is 31.5 Å². The summed E-state index contributed by atoms with van der Waals surface area (Å²) in [4.78, 5) is 0. The highest BCUT2D eigenvalue weighted by molar-refractivity contribution is 5.10. The van der Waals surface area contributed by atoms with Crippen LogP contribution in [0.25, 0.3) is 0 Å². The van der Waals surface area contributed by atoms with Crippen LogP contribution in [0.2, 0.25) is 0 Å². The summed E-state index contributed by atoms with van der Waals surface area (Å²) >= 11 is 0. The molecule has 1 aromatic heterocycles. The number of rotatable bonds is 7. The molecule has 25 heavy (non-hydrogen) atoms. The van der Waals surface area contributed by atoms with Crippen molar-refractivity contribution in [2.75, 3.05) is 0 Å². The fraction of sp³-hybridized carbons (Fsp3) is 0.864. The maximum Gasteiger partial charge on any atom is 0.0627 e. The Hall–Kier alpha value is -0.830. The first-order valence-electron chi connectivity index (χ1n) is 10.8. The van der Waals surface area contributed by atoms with Crippen molar-refractivity contribution < 1.29 is 4.74 Å². The summed E-state index contributed by atoms with van der Waals surface area (Å²) in [5.74, 6) is 0.881. The monoisotopic (exact) mass is 346 g/mol. The first-order chi connectivity index (χ1) is 12.1.